The molecule has 0 radical (unpaired) electrons. The van der Waals surface area contributed by atoms with E-state index in [-0.39, 0.29) is 12.2 Å². The Kier molecular flexibility index (Phi) is 5.48. The molecule has 1 rings (SSSR count). The van der Waals surface area contributed by atoms with Gasteiger partial charge in [0.25, 0.3) is 0 Å². The highest BCUT2D eigenvalue weighted by atomic mass is 16.5. The number of carbonyl (C=O) groups excluding carboxylic acids is 1. The van der Waals surface area contributed by atoms with Crippen LogP contribution in [0.4, 0.5) is 0 Å². The van der Waals surface area contributed by atoms with E-state index in [1.807, 2.05) is 6.07 Å². The van der Waals surface area contributed by atoms with E-state index in [9.17, 15) is 4.79 Å². The van der Waals surface area contributed by atoms with Gasteiger partial charge < -0.3 is 10.5 Å². The molecule has 0 aromatic heterocycles. The number of aliphatic imine (C=N–C) groups is 1. The van der Waals surface area contributed by atoms with Crippen molar-refractivity contribution in [1.82, 2.24) is 0 Å². The van der Waals surface area contributed by atoms with Gasteiger partial charge >= 0.3 is 5.97 Å². The number of carbonyl (C=O) groups is 1. The summed E-state index contributed by atoms with van der Waals surface area (Å²) >= 11 is 0. The SMILES string of the molecule is C=N[C@@H](/C(C(=O)OCC)=C(/C)N)c1ccc(C#N)cc1. The molecular formula is C15H17N3O2. The normalized spacial score (nSPS) is 12.8. The monoisotopic (exact) mass is 271 g/mol. The summed E-state index contributed by atoms with van der Waals surface area (Å²) in [5, 5.41) is 8.79. The molecule has 0 aliphatic carbocycles. The number of nitriles is 1. The van der Waals surface area contributed by atoms with Crippen LogP contribution in [0.15, 0.2) is 40.5 Å². The number of allylic oxidation sites excluding steroid dienone is 1. The summed E-state index contributed by atoms with van der Waals surface area (Å²) in [6.45, 7) is 7.11. The van der Waals surface area contributed by atoms with E-state index in [0.717, 1.165) is 5.56 Å². The second-order valence-electron chi connectivity index (χ2n) is 4.14. The highest BCUT2D eigenvalue weighted by Crippen LogP contribution is 2.28. The van der Waals surface area contributed by atoms with E-state index >= 15 is 0 Å². The molecule has 0 fully saturated rings. The van der Waals surface area contributed by atoms with Crippen molar-refractivity contribution in [3.63, 3.8) is 0 Å². The van der Waals surface area contributed by atoms with Crippen molar-refractivity contribution in [2.75, 3.05) is 6.61 Å². The Morgan fingerprint density at radius 3 is 2.50 bits per heavy atom. The summed E-state index contributed by atoms with van der Waals surface area (Å²) < 4.78 is 5.00. The fourth-order valence-electron chi connectivity index (χ4n) is 1.80. The third kappa shape index (κ3) is 3.45. The fraction of sp³-hybridized carbons (Fsp3) is 0.267. The molecule has 1 aromatic carbocycles. The Morgan fingerprint density at radius 1 is 1.50 bits per heavy atom. The van der Waals surface area contributed by atoms with Crippen molar-refractivity contribution in [3.8, 4) is 6.07 Å². The summed E-state index contributed by atoms with van der Waals surface area (Å²) in [6, 6.07) is 8.18. The third-order valence-electron chi connectivity index (χ3n) is 2.73. The first-order chi connectivity index (χ1) is 9.54. The third-order valence-corrected chi connectivity index (χ3v) is 2.73. The Bertz CT molecular complexity index is 564. The lowest BCUT2D eigenvalue weighted by Gasteiger charge is -2.17. The second-order valence-corrected chi connectivity index (χ2v) is 4.14. The molecule has 104 valence electrons. The lowest BCUT2D eigenvalue weighted by Crippen LogP contribution is -2.18. The summed E-state index contributed by atoms with van der Waals surface area (Å²) in [4.78, 5) is 15.9. The zero-order chi connectivity index (χ0) is 15.1. The molecule has 0 aliphatic rings. The zero-order valence-electron chi connectivity index (χ0n) is 11.6. The minimum Gasteiger partial charge on any atom is -0.463 e. The second kappa shape index (κ2) is 7.10. The zero-order valence-corrected chi connectivity index (χ0v) is 11.6. The lowest BCUT2D eigenvalue weighted by atomic mass is 9.97. The number of benzene rings is 1. The summed E-state index contributed by atoms with van der Waals surface area (Å²) in [5.41, 5.74) is 7.64. The maximum Gasteiger partial charge on any atom is 0.338 e. The molecule has 1 atom stereocenters. The molecule has 1 aromatic rings. The molecule has 0 saturated heterocycles. The number of nitrogens with zero attached hydrogens (tertiary/aromatic N) is 2. The van der Waals surface area contributed by atoms with Crippen molar-refractivity contribution in [1.29, 1.82) is 5.26 Å². The number of hydrogen-bond acceptors (Lipinski definition) is 5. The van der Waals surface area contributed by atoms with Crippen LogP contribution in [-0.2, 0) is 9.53 Å². The van der Waals surface area contributed by atoms with Crippen LogP contribution in [0.1, 0.15) is 31.0 Å². The molecule has 0 aliphatic heterocycles. The van der Waals surface area contributed by atoms with Crippen LogP contribution in [0.5, 0.6) is 0 Å². The van der Waals surface area contributed by atoms with Crippen LogP contribution in [-0.4, -0.2) is 19.3 Å². The van der Waals surface area contributed by atoms with Crippen molar-refractivity contribution in [3.05, 3.63) is 46.7 Å². The molecule has 5 nitrogen and oxygen atoms in total. The van der Waals surface area contributed by atoms with Gasteiger partial charge in [0.05, 0.1) is 23.8 Å². The minimum atomic E-state index is -0.605. The molecule has 5 heteroatoms. The summed E-state index contributed by atoms with van der Waals surface area (Å²) in [5.74, 6) is -0.505. The van der Waals surface area contributed by atoms with Gasteiger partial charge in [-0.3, -0.25) is 4.99 Å². The summed E-state index contributed by atoms with van der Waals surface area (Å²) in [7, 11) is 0. The predicted molar refractivity (Wildman–Crippen MR) is 77.0 cm³/mol. The molecule has 0 spiro atoms. The molecular weight excluding hydrogens is 254 g/mol. The topological polar surface area (TPSA) is 88.5 Å². The molecule has 2 N–H and O–H groups in total. The quantitative estimate of drug-likeness (QED) is 0.504. The first-order valence-corrected chi connectivity index (χ1v) is 6.14. The largest absolute Gasteiger partial charge is 0.463 e. The van der Waals surface area contributed by atoms with Crippen LogP contribution in [0.2, 0.25) is 0 Å². The van der Waals surface area contributed by atoms with Crippen LogP contribution in [0, 0.1) is 11.3 Å². The minimum absolute atomic E-state index is 0.257. The maximum atomic E-state index is 12.0. The number of hydrogen-bond donors (Lipinski definition) is 1. The van der Waals surface area contributed by atoms with Crippen LogP contribution >= 0.6 is 0 Å². The van der Waals surface area contributed by atoms with Crippen LogP contribution < -0.4 is 5.73 Å². The Balaban J connectivity index is 3.21. The maximum absolute atomic E-state index is 12.0. The standard InChI is InChI=1S/C15H17N3O2/c1-4-20-15(19)13(10(2)17)14(18-3)12-7-5-11(9-16)6-8-12/h5-8,14H,3-4,17H2,1-2H3/b13-10+/t14-/m1/s1. The van der Waals surface area contributed by atoms with Crippen molar-refractivity contribution in [2.45, 2.75) is 19.9 Å². The summed E-state index contributed by atoms with van der Waals surface area (Å²) in [6.07, 6.45) is 0. The molecule has 0 unspecified atom stereocenters. The molecule has 0 bridgehead atoms. The van der Waals surface area contributed by atoms with E-state index in [0.29, 0.717) is 11.3 Å². The Hall–Kier alpha value is -2.61. The Morgan fingerprint density at radius 2 is 2.10 bits per heavy atom. The van der Waals surface area contributed by atoms with Gasteiger partial charge in [-0.15, -0.1) is 0 Å². The number of ether oxygens (including phenoxy) is 1. The smallest absolute Gasteiger partial charge is 0.338 e. The van der Waals surface area contributed by atoms with Gasteiger partial charge in [0, 0.05) is 5.70 Å². The first kappa shape index (κ1) is 15.4. The average Bonchev–Trinajstić information content (AvgIpc) is 2.44. The van der Waals surface area contributed by atoms with E-state index in [1.165, 1.54) is 0 Å². The predicted octanol–water partition coefficient (Wildman–Crippen LogP) is 2.10. The van der Waals surface area contributed by atoms with E-state index < -0.39 is 12.0 Å². The highest BCUT2D eigenvalue weighted by molar-refractivity contribution is 5.91. The van der Waals surface area contributed by atoms with E-state index in [2.05, 4.69) is 11.7 Å². The molecule has 0 amide bonds. The van der Waals surface area contributed by atoms with Gasteiger partial charge in [-0.1, -0.05) is 12.1 Å². The van der Waals surface area contributed by atoms with Gasteiger partial charge in [0.15, 0.2) is 0 Å². The molecule has 0 heterocycles. The lowest BCUT2D eigenvalue weighted by molar-refractivity contribution is -0.138. The van der Waals surface area contributed by atoms with E-state index in [4.69, 9.17) is 15.7 Å². The first-order valence-electron chi connectivity index (χ1n) is 6.14. The van der Waals surface area contributed by atoms with Gasteiger partial charge in [-0.05, 0) is 38.3 Å². The van der Waals surface area contributed by atoms with Crippen LogP contribution in [0.3, 0.4) is 0 Å². The number of nitrogens with two attached hydrogens (primary N) is 1. The Labute approximate surface area is 118 Å². The van der Waals surface area contributed by atoms with Gasteiger partial charge in [0.2, 0.25) is 0 Å². The van der Waals surface area contributed by atoms with Crippen molar-refractivity contribution in [2.24, 2.45) is 10.7 Å². The van der Waals surface area contributed by atoms with Crippen LogP contribution in [0.25, 0.3) is 0 Å². The fourth-order valence-corrected chi connectivity index (χ4v) is 1.80. The molecule has 20 heavy (non-hydrogen) atoms. The van der Waals surface area contributed by atoms with Gasteiger partial charge in [0.1, 0.15) is 6.04 Å². The number of rotatable bonds is 5. The van der Waals surface area contributed by atoms with E-state index in [1.54, 1.807) is 38.1 Å². The van der Waals surface area contributed by atoms with Gasteiger partial charge in [-0.2, -0.15) is 5.26 Å². The number of esters is 1. The average molecular weight is 271 g/mol. The molecule has 0 saturated carbocycles. The highest BCUT2D eigenvalue weighted by Gasteiger charge is 2.24. The van der Waals surface area contributed by atoms with Crippen molar-refractivity contribution >= 4 is 12.7 Å². The van der Waals surface area contributed by atoms with Crippen molar-refractivity contribution < 1.29 is 9.53 Å². The van der Waals surface area contributed by atoms with Gasteiger partial charge in [-0.25, -0.2) is 4.79 Å².